The number of rotatable bonds is 1. The molecule has 1 aliphatic heterocycles. The van der Waals surface area contributed by atoms with Crippen molar-refractivity contribution in [2.45, 2.75) is 32.4 Å². The summed E-state index contributed by atoms with van der Waals surface area (Å²) in [7, 11) is 0. The molecule has 1 saturated carbocycles. The topological polar surface area (TPSA) is 78.3 Å². The minimum atomic E-state index is -0.450. The fourth-order valence-corrected chi connectivity index (χ4v) is 2.20. The SMILES string of the molecule is CC(C)(C)OC(=O)N1C[C@@H]2C(N=[N+]=[N-])[C@@H]2C1. The molecule has 6 heteroatoms. The van der Waals surface area contributed by atoms with Crippen molar-refractivity contribution in [3.05, 3.63) is 10.4 Å². The summed E-state index contributed by atoms with van der Waals surface area (Å²) in [5, 5.41) is 3.69. The van der Waals surface area contributed by atoms with E-state index in [-0.39, 0.29) is 12.1 Å². The minimum Gasteiger partial charge on any atom is -0.444 e. The summed E-state index contributed by atoms with van der Waals surface area (Å²) < 4.78 is 5.27. The minimum absolute atomic E-state index is 0.101. The Kier molecular flexibility index (Phi) is 2.46. The lowest BCUT2D eigenvalue weighted by Crippen LogP contribution is -2.37. The number of carbonyl (C=O) groups excluding carboxylic acids is 1. The predicted molar refractivity (Wildman–Crippen MR) is 57.7 cm³/mol. The third-order valence-corrected chi connectivity index (χ3v) is 2.99. The number of fused-ring (bicyclic) bond motifs is 1. The van der Waals surface area contributed by atoms with Gasteiger partial charge in [-0.2, -0.15) is 0 Å². The molecule has 16 heavy (non-hydrogen) atoms. The molecule has 0 aromatic heterocycles. The Morgan fingerprint density at radius 2 is 2.00 bits per heavy atom. The lowest BCUT2D eigenvalue weighted by Gasteiger charge is -2.25. The first-order valence-corrected chi connectivity index (χ1v) is 5.44. The van der Waals surface area contributed by atoms with Gasteiger partial charge >= 0.3 is 6.09 Å². The number of ether oxygens (including phenoxy) is 1. The molecule has 0 N–H and O–H groups in total. The van der Waals surface area contributed by atoms with Gasteiger partial charge in [0.15, 0.2) is 0 Å². The summed E-state index contributed by atoms with van der Waals surface area (Å²) in [6, 6.07) is 0.101. The normalized spacial score (nSPS) is 31.7. The van der Waals surface area contributed by atoms with Crippen LogP contribution in [0.2, 0.25) is 0 Å². The van der Waals surface area contributed by atoms with Gasteiger partial charge in [0.25, 0.3) is 0 Å². The van der Waals surface area contributed by atoms with E-state index in [1.165, 1.54) is 0 Å². The Morgan fingerprint density at radius 1 is 1.44 bits per heavy atom. The molecule has 2 rings (SSSR count). The second-order valence-corrected chi connectivity index (χ2v) is 5.41. The highest BCUT2D eigenvalue weighted by molar-refractivity contribution is 5.69. The highest BCUT2D eigenvalue weighted by atomic mass is 16.6. The monoisotopic (exact) mass is 224 g/mol. The molecule has 0 aromatic carbocycles. The molecule has 6 nitrogen and oxygen atoms in total. The molecule has 2 fully saturated rings. The number of hydrogen-bond donors (Lipinski definition) is 0. The maximum Gasteiger partial charge on any atom is 0.410 e. The van der Waals surface area contributed by atoms with Crippen LogP contribution < -0.4 is 0 Å². The fourth-order valence-electron chi connectivity index (χ4n) is 2.20. The van der Waals surface area contributed by atoms with Crippen LogP contribution in [0.15, 0.2) is 5.11 Å². The third kappa shape index (κ3) is 2.07. The summed E-state index contributed by atoms with van der Waals surface area (Å²) in [4.78, 5) is 16.2. The van der Waals surface area contributed by atoms with E-state index in [0.29, 0.717) is 24.9 Å². The second-order valence-electron chi connectivity index (χ2n) is 5.41. The van der Waals surface area contributed by atoms with Gasteiger partial charge in [-0.15, -0.1) is 0 Å². The van der Waals surface area contributed by atoms with Crippen molar-refractivity contribution in [2.75, 3.05) is 13.1 Å². The van der Waals surface area contributed by atoms with Crippen molar-refractivity contribution in [3.8, 4) is 0 Å². The lowest BCUT2D eigenvalue weighted by molar-refractivity contribution is 0.0271. The first-order valence-electron chi connectivity index (χ1n) is 5.44. The molecule has 88 valence electrons. The van der Waals surface area contributed by atoms with Crippen molar-refractivity contribution in [1.82, 2.24) is 4.90 Å². The zero-order valence-electron chi connectivity index (χ0n) is 9.75. The van der Waals surface area contributed by atoms with E-state index in [9.17, 15) is 4.79 Å². The van der Waals surface area contributed by atoms with Gasteiger partial charge < -0.3 is 9.64 Å². The average Bonchev–Trinajstić information content (AvgIpc) is 2.60. The Bertz CT molecular complexity index is 344. The van der Waals surface area contributed by atoms with Crippen molar-refractivity contribution >= 4 is 6.09 Å². The molecule has 0 radical (unpaired) electrons. The van der Waals surface area contributed by atoms with Crippen LogP contribution in [0.3, 0.4) is 0 Å². The maximum absolute atomic E-state index is 11.7. The highest BCUT2D eigenvalue weighted by Crippen LogP contribution is 2.48. The number of nitrogens with zero attached hydrogens (tertiary/aromatic N) is 4. The van der Waals surface area contributed by atoms with Crippen LogP contribution in [0.1, 0.15) is 20.8 Å². The standard InChI is InChI=1S/C10H16N4O2/c1-10(2,3)16-9(15)14-4-6-7(5-14)8(6)12-13-11/h6-8H,4-5H2,1-3H3/t6-,7+,8?. The number of carbonyl (C=O) groups is 1. The Balaban J connectivity index is 1.84. The summed E-state index contributed by atoms with van der Waals surface area (Å²) in [5.74, 6) is 0.701. The van der Waals surface area contributed by atoms with Crippen LogP contribution in [-0.2, 0) is 4.74 Å². The van der Waals surface area contributed by atoms with Crippen LogP contribution in [0.4, 0.5) is 4.79 Å². The van der Waals surface area contributed by atoms with Gasteiger partial charge in [-0.25, -0.2) is 4.79 Å². The van der Waals surface area contributed by atoms with Crippen molar-refractivity contribution in [3.63, 3.8) is 0 Å². The summed E-state index contributed by atoms with van der Waals surface area (Å²) in [6.45, 7) is 6.87. The fraction of sp³-hybridized carbons (Fsp3) is 0.900. The molecular formula is C10H16N4O2. The average molecular weight is 224 g/mol. The van der Waals surface area contributed by atoms with Crippen molar-refractivity contribution < 1.29 is 9.53 Å². The zero-order chi connectivity index (χ0) is 11.9. The van der Waals surface area contributed by atoms with Gasteiger partial charge in [-0.05, 0) is 38.1 Å². The predicted octanol–water partition coefficient (Wildman–Crippen LogP) is 2.16. The van der Waals surface area contributed by atoms with Gasteiger partial charge in [0.1, 0.15) is 5.60 Å². The van der Waals surface area contributed by atoms with E-state index >= 15 is 0 Å². The van der Waals surface area contributed by atoms with Crippen LogP contribution in [-0.4, -0.2) is 35.7 Å². The molecule has 1 unspecified atom stereocenters. The van der Waals surface area contributed by atoms with Gasteiger partial charge in [0.2, 0.25) is 0 Å². The molecule has 3 atom stereocenters. The van der Waals surface area contributed by atoms with E-state index in [1.54, 1.807) is 4.90 Å². The van der Waals surface area contributed by atoms with Crippen molar-refractivity contribution in [1.29, 1.82) is 0 Å². The molecule has 1 heterocycles. The second kappa shape index (κ2) is 3.56. The maximum atomic E-state index is 11.7. The molecule has 1 saturated heterocycles. The van der Waals surface area contributed by atoms with E-state index in [1.807, 2.05) is 20.8 Å². The van der Waals surface area contributed by atoms with Gasteiger partial charge in [0.05, 0.1) is 0 Å². The number of hydrogen-bond acceptors (Lipinski definition) is 3. The molecule has 2 aliphatic rings. The van der Waals surface area contributed by atoms with Crippen LogP contribution in [0.25, 0.3) is 10.4 Å². The van der Waals surface area contributed by atoms with Crippen molar-refractivity contribution in [2.24, 2.45) is 17.0 Å². The van der Waals surface area contributed by atoms with E-state index in [2.05, 4.69) is 10.0 Å². The first kappa shape index (κ1) is 11.1. The van der Waals surface area contributed by atoms with E-state index in [0.717, 1.165) is 0 Å². The third-order valence-electron chi connectivity index (χ3n) is 2.99. The molecule has 1 amide bonds. The Hall–Kier alpha value is -1.42. The van der Waals surface area contributed by atoms with Crippen LogP contribution in [0, 0.1) is 11.8 Å². The Labute approximate surface area is 94.2 Å². The number of amides is 1. The Morgan fingerprint density at radius 3 is 2.44 bits per heavy atom. The quantitative estimate of drug-likeness (QED) is 0.388. The number of azide groups is 1. The smallest absolute Gasteiger partial charge is 0.410 e. The lowest BCUT2D eigenvalue weighted by atomic mass is 10.2. The van der Waals surface area contributed by atoms with Crippen LogP contribution >= 0.6 is 0 Å². The largest absolute Gasteiger partial charge is 0.444 e. The molecule has 0 spiro atoms. The molecule has 0 aromatic rings. The number of likely N-dealkylation sites (tertiary alicyclic amines) is 1. The summed E-state index contributed by atoms with van der Waals surface area (Å²) in [5.41, 5.74) is 7.86. The van der Waals surface area contributed by atoms with Gasteiger partial charge in [-0.3, -0.25) is 0 Å². The highest BCUT2D eigenvalue weighted by Gasteiger charge is 2.56. The van der Waals surface area contributed by atoms with E-state index < -0.39 is 5.60 Å². The molecule has 1 aliphatic carbocycles. The molecular weight excluding hydrogens is 208 g/mol. The number of piperidine rings is 1. The van der Waals surface area contributed by atoms with Gasteiger partial charge in [-0.1, -0.05) is 5.11 Å². The summed E-state index contributed by atoms with van der Waals surface area (Å²) in [6.07, 6.45) is -0.264. The molecule has 0 bridgehead atoms. The zero-order valence-corrected chi connectivity index (χ0v) is 9.75. The van der Waals surface area contributed by atoms with Crippen LogP contribution in [0.5, 0.6) is 0 Å². The van der Waals surface area contributed by atoms with E-state index in [4.69, 9.17) is 10.3 Å². The van der Waals surface area contributed by atoms with Gasteiger partial charge in [0, 0.05) is 24.0 Å². The summed E-state index contributed by atoms with van der Waals surface area (Å²) >= 11 is 0. The first-order chi connectivity index (χ1) is 7.42.